The third kappa shape index (κ3) is 12.3. The molecule has 0 heterocycles. The summed E-state index contributed by atoms with van der Waals surface area (Å²) in [5.41, 5.74) is 0. The molecule has 0 aromatic heterocycles. The van der Waals surface area contributed by atoms with Gasteiger partial charge in [-0.25, -0.2) is 13.1 Å². The van der Waals surface area contributed by atoms with E-state index in [1.165, 1.54) is 6.42 Å². The van der Waals surface area contributed by atoms with Gasteiger partial charge in [-0.05, 0) is 38.3 Å². The second-order valence-electron chi connectivity index (χ2n) is 5.16. The molecule has 0 saturated carbocycles. The van der Waals surface area contributed by atoms with Crippen LogP contribution < -0.4 is 10.0 Å². The van der Waals surface area contributed by atoms with Crippen LogP contribution in [0, 0.1) is 5.92 Å². The van der Waals surface area contributed by atoms with Gasteiger partial charge in [0.05, 0.1) is 5.75 Å². The van der Waals surface area contributed by atoms with Gasteiger partial charge in [0.2, 0.25) is 10.0 Å². The summed E-state index contributed by atoms with van der Waals surface area (Å²) >= 11 is 0. The summed E-state index contributed by atoms with van der Waals surface area (Å²) in [7, 11) is -3.05. The van der Waals surface area contributed by atoms with E-state index >= 15 is 0 Å². The topological polar surface area (TPSA) is 58.2 Å². The summed E-state index contributed by atoms with van der Waals surface area (Å²) in [5.74, 6) is 0.954. The van der Waals surface area contributed by atoms with Crippen LogP contribution in [0.3, 0.4) is 0 Å². The van der Waals surface area contributed by atoms with Gasteiger partial charge in [0, 0.05) is 6.54 Å². The van der Waals surface area contributed by atoms with E-state index in [2.05, 4.69) is 30.8 Å². The lowest BCUT2D eigenvalue weighted by molar-refractivity contribution is 0.529. The van der Waals surface area contributed by atoms with E-state index in [0.29, 0.717) is 12.5 Å². The number of unbranched alkanes of at least 4 members (excludes halogenated alkanes) is 2. The first-order valence-electron chi connectivity index (χ1n) is 7.16. The fourth-order valence-electron chi connectivity index (χ4n) is 1.70. The van der Waals surface area contributed by atoms with Crippen molar-refractivity contribution in [3.05, 3.63) is 0 Å². The molecule has 0 spiro atoms. The average Bonchev–Trinajstić information content (AvgIpc) is 2.27. The summed E-state index contributed by atoms with van der Waals surface area (Å²) < 4.78 is 25.9. The Morgan fingerprint density at radius 2 is 1.67 bits per heavy atom. The van der Waals surface area contributed by atoms with Crippen molar-refractivity contribution >= 4 is 10.0 Å². The lowest BCUT2D eigenvalue weighted by Crippen LogP contribution is -2.27. The summed E-state index contributed by atoms with van der Waals surface area (Å²) in [6.45, 7) is 8.86. The van der Waals surface area contributed by atoms with Crippen LogP contribution in [0.4, 0.5) is 0 Å². The van der Waals surface area contributed by atoms with E-state index < -0.39 is 10.0 Å². The zero-order valence-corrected chi connectivity index (χ0v) is 13.0. The van der Waals surface area contributed by atoms with Crippen LogP contribution >= 0.6 is 0 Å². The Morgan fingerprint density at radius 1 is 1.00 bits per heavy atom. The highest BCUT2D eigenvalue weighted by Crippen LogP contribution is 2.05. The van der Waals surface area contributed by atoms with Crippen LogP contribution in [0.15, 0.2) is 0 Å². The van der Waals surface area contributed by atoms with Crippen LogP contribution in [0.25, 0.3) is 0 Å². The van der Waals surface area contributed by atoms with Crippen molar-refractivity contribution in [2.45, 2.75) is 52.9 Å². The Kier molecular flexibility index (Phi) is 10.7. The van der Waals surface area contributed by atoms with Crippen LogP contribution in [-0.2, 0) is 10.0 Å². The smallest absolute Gasteiger partial charge is 0.211 e. The standard InChI is InChI=1S/C13H30N2O2S/c1-4-14-10-7-8-12-18(16,17)15-11-6-5-9-13(2)3/h13-15H,4-12H2,1-3H3. The third-order valence-corrected chi connectivity index (χ3v) is 4.27. The SMILES string of the molecule is CCNCCCCS(=O)(=O)NCCCCC(C)C. The summed E-state index contributed by atoms with van der Waals surface area (Å²) in [4.78, 5) is 0. The first kappa shape index (κ1) is 17.9. The number of nitrogens with one attached hydrogen (secondary N) is 2. The van der Waals surface area contributed by atoms with Gasteiger partial charge in [0.1, 0.15) is 0 Å². The maximum absolute atomic E-state index is 11.6. The van der Waals surface area contributed by atoms with Gasteiger partial charge < -0.3 is 5.32 Å². The molecule has 0 radical (unpaired) electrons. The molecular weight excluding hydrogens is 248 g/mol. The minimum atomic E-state index is -3.05. The number of hydrogen-bond donors (Lipinski definition) is 2. The van der Waals surface area contributed by atoms with Crippen molar-refractivity contribution < 1.29 is 8.42 Å². The first-order chi connectivity index (χ1) is 8.48. The quantitative estimate of drug-likeness (QED) is 0.538. The van der Waals surface area contributed by atoms with Crippen molar-refractivity contribution in [2.24, 2.45) is 5.92 Å². The minimum Gasteiger partial charge on any atom is -0.317 e. The molecule has 0 saturated heterocycles. The van der Waals surface area contributed by atoms with Crippen molar-refractivity contribution in [2.75, 3.05) is 25.4 Å². The largest absolute Gasteiger partial charge is 0.317 e. The molecule has 5 heteroatoms. The monoisotopic (exact) mass is 278 g/mol. The fourth-order valence-corrected chi connectivity index (χ4v) is 2.88. The predicted octanol–water partition coefficient (Wildman–Crippen LogP) is 2.12. The molecule has 0 atom stereocenters. The Hall–Kier alpha value is -0.130. The third-order valence-electron chi connectivity index (χ3n) is 2.80. The van der Waals surface area contributed by atoms with E-state index in [0.717, 1.165) is 38.8 Å². The van der Waals surface area contributed by atoms with E-state index in [9.17, 15) is 8.42 Å². The molecule has 4 nitrogen and oxygen atoms in total. The van der Waals surface area contributed by atoms with Gasteiger partial charge in [0.15, 0.2) is 0 Å². The zero-order chi connectivity index (χ0) is 13.9. The van der Waals surface area contributed by atoms with Gasteiger partial charge in [0.25, 0.3) is 0 Å². The lowest BCUT2D eigenvalue weighted by atomic mass is 10.1. The molecule has 0 amide bonds. The number of sulfonamides is 1. The van der Waals surface area contributed by atoms with Crippen LogP contribution in [0.1, 0.15) is 52.9 Å². The molecule has 0 fully saturated rings. The number of hydrogen-bond acceptors (Lipinski definition) is 3. The van der Waals surface area contributed by atoms with Gasteiger partial charge >= 0.3 is 0 Å². The predicted molar refractivity (Wildman–Crippen MR) is 78.3 cm³/mol. The van der Waals surface area contributed by atoms with Crippen LogP contribution in [0.2, 0.25) is 0 Å². The van der Waals surface area contributed by atoms with Crippen molar-refractivity contribution in [1.29, 1.82) is 0 Å². The first-order valence-corrected chi connectivity index (χ1v) is 8.81. The molecule has 18 heavy (non-hydrogen) atoms. The Labute approximate surface area is 113 Å². The maximum Gasteiger partial charge on any atom is 0.211 e. The Balaban J connectivity index is 3.49. The highest BCUT2D eigenvalue weighted by Gasteiger charge is 2.08. The number of rotatable bonds is 12. The molecule has 0 aliphatic rings. The molecule has 2 N–H and O–H groups in total. The van der Waals surface area contributed by atoms with E-state index in [-0.39, 0.29) is 5.75 Å². The van der Waals surface area contributed by atoms with Gasteiger partial charge in [-0.1, -0.05) is 33.6 Å². The van der Waals surface area contributed by atoms with Gasteiger partial charge in [-0.2, -0.15) is 0 Å². The molecule has 110 valence electrons. The molecule has 0 aliphatic carbocycles. The summed E-state index contributed by atoms with van der Waals surface area (Å²) in [6, 6.07) is 0. The van der Waals surface area contributed by atoms with Crippen molar-refractivity contribution in [3.8, 4) is 0 Å². The minimum absolute atomic E-state index is 0.253. The maximum atomic E-state index is 11.6. The van der Waals surface area contributed by atoms with Gasteiger partial charge in [-0.15, -0.1) is 0 Å². The molecule has 0 aliphatic heterocycles. The molecular formula is C13H30N2O2S. The molecule has 0 unspecified atom stereocenters. The van der Waals surface area contributed by atoms with Gasteiger partial charge in [-0.3, -0.25) is 0 Å². The van der Waals surface area contributed by atoms with Crippen molar-refractivity contribution in [1.82, 2.24) is 10.0 Å². The van der Waals surface area contributed by atoms with E-state index in [1.807, 2.05) is 0 Å². The highest BCUT2D eigenvalue weighted by atomic mass is 32.2. The Bertz CT molecular complexity index is 277. The Morgan fingerprint density at radius 3 is 2.28 bits per heavy atom. The summed E-state index contributed by atoms with van der Waals surface area (Å²) in [6.07, 6.45) is 4.86. The fraction of sp³-hybridized carbons (Fsp3) is 1.00. The lowest BCUT2D eigenvalue weighted by Gasteiger charge is -2.07. The average molecular weight is 278 g/mol. The molecule has 0 bridgehead atoms. The highest BCUT2D eigenvalue weighted by molar-refractivity contribution is 7.89. The van der Waals surface area contributed by atoms with Crippen LogP contribution in [-0.4, -0.2) is 33.8 Å². The second-order valence-corrected chi connectivity index (χ2v) is 7.09. The van der Waals surface area contributed by atoms with E-state index in [4.69, 9.17) is 0 Å². The molecule has 0 aromatic carbocycles. The zero-order valence-electron chi connectivity index (χ0n) is 12.2. The molecule has 0 rings (SSSR count). The normalized spacial score (nSPS) is 12.2. The van der Waals surface area contributed by atoms with E-state index in [1.54, 1.807) is 0 Å². The molecule has 0 aromatic rings. The second kappa shape index (κ2) is 10.8. The van der Waals surface area contributed by atoms with Crippen molar-refractivity contribution in [3.63, 3.8) is 0 Å². The summed E-state index contributed by atoms with van der Waals surface area (Å²) in [5, 5.41) is 3.19. The van der Waals surface area contributed by atoms with Crippen LogP contribution in [0.5, 0.6) is 0 Å².